The first kappa shape index (κ1) is 10.9. The van der Waals surface area contributed by atoms with Gasteiger partial charge in [0.2, 0.25) is 5.91 Å². The van der Waals surface area contributed by atoms with Crippen LogP contribution in [0.5, 0.6) is 0 Å². The van der Waals surface area contributed by atoms with Crippen molar-refractivity contribution in [3.05, 3.63) is 24.3 Å². The maximum absolute atomic E-state index is 11.0. The average Bonchev–Trinajstić information content (AvgIpc) is 2.55. The van der Waals surface area contributed by atoms with Gasteiger partial charge in [0, 0.05) is 13.0 Å². The minimum Gasteiger partial charge on any atom is -0.345 e. The number of nitrogens with zero attached hydrogens (tertiary/aromatic N) is 3. The SMILES string of the molecule is C=CC(=O)NCc1nnc(C2CCC2)n1C. The molecule has 5 heteroatoms. The van der Waals surface area contributed by atoms with E-state index in [0.29, 0.717) is 12.5 Å². The highest BCUT2D eigenvalue weighted by Gasteiger charge is 2.25. The molecule has 2 rings (SSSR count). The summed E-state index contributed by atoms with van der Waals surface area (Å²) in [6, 6.07) is 0. The van der Waals surface area contributed by atoms with Gasteiger partial charge in [-0.05, 0) is 18.9 Å². The smallest absolute Gasteiger partial charge is 0.243 e. The third-order valence-corrected chi connectivity index (χ3v) is 3.08. The molecule has 1 heterocycles. The Bertz CT molecular complexity index is 406. The van der Waals surface area contributed by atoms with E-state index in [2.05, 4.69) is 22.1 Å². The van der Waals surface area contributed by atoms with Crippen molar-refractivity contribution in [2.24, 2.45) is 7.05 Å². The summed E-state index contributed by atoms with van der Waals surface area (Å²) in [6.07, 6.45) is 4.93. The second-order valence-electron chi connectivity index (χ2n) is 4.08. The van der Waals surface area contributed by atoms with Crippen LogP contribution in [0, 0.1) is 0 Å². The molecule has 1 aromatic heterocycles. The van der Waals surface area contributed by atoms with E-state index in [4.69, 9.17) is 0 Å². The molecule has 0 radical (unpaired) electrons. The van der Waals surface area contributed by atoms with E-state index in [1.165, 1.54) is 25.3 Å². The van der Waals surface area contributed by atoms with Crippen LogP contribution in [0.25, 0.3) is 0 Å². The maximum Gasteiger partial charge on any atom is 0.243 e. The molecule has 0 unspecified atom stereocenters. The molecule has 0 saturated heterocycles. The molecule has 0 aliphatic heterocycles. The van der Waals surface area contributed by atoms with Crippen molar-refractivity contribution < 1.29 is 4.79 Å². The lowest BCUT2D eigenvalue weighted by Crippen LogP contribution is -2.22. The molecular weight excluding hydrogens is 204 g/mol. The van der Waals surface area contributed by atoms with Crippen molar-refractivity contribution in [2.45, 2.75) is 31.7 Å². The molecule has 0 aromatic carbocycles. The Balaban J connectivity index is 2.02. The molecule has 16 heavy (non-hydrogen) atoms. The molecule has 1 aliphatic carbocycles. The van der Waals surface area contributed by atoms with E-state index in [9.17, 15) is 4.79 Å². The fourth-order valence-electron chi connectivity index (χ4n) is 1.79. The van der Waals surface area contributed by atoms with Crippen LogP contribution in [-0.4, -0.2) is 20.7 Å². The monoisotopic (exact) mass is 220 g/mol. The number of carbonyl (C=O) groups excluding carboxylic acids is 1. The summed E-state index contributed by atoms with van der Waals surface area (Å²) >= 11 is 0. The minimum absolute atomic E-state index is 0.187. The molecule has 1 N–H and O–H groups in total. The van der Waals surface area contributed by atoms with Crippen LogP contribution in [0.3, 0.4) is 0 Å². The quantitative estimate of drug-likeness (QED) is 0.766. The van der Waals surface area contributed by atoms with Gasteiger partial charge < -0.3 is 9.88 Å². The fourth-order valence-corrected chi connectivity index (χ4v) is 1.79. The van der Waals surface area contributed by atoms with E-state index in [0.717, 1.165) is 11.6 Å². The van der Waals surface area contributed by atoms with Crippen LogP contribution >= 0.6 is 0 Å². The molecule has 1 aromatic rings. The summed E-state index contributed by atoms with van der Waals surface area (Å²) in [7, 11) is 1.95. The second kappa shape index (κ2) is 4.47. The van der Waals surface area contributed by atoms with Gasteiger partial charge in [0.15, 0.2) is 5.82 Å². The number of rotatable bonds is 4. The summed E-state index contributed by atoms with van der Waals surface area (Å²) in [6.45, 7) is 3.80. The van der Waals surface area contributed by atoms with Crippen LogP contribution < -0.4 is 5.32 Å². The summed E-state index contributed by atoms with van der Waals surface area (Å²) in [5.41, 5.74) is 0. The number of carbonyl (C=O) groups is 1. The first-order valence-electron chi connectivity index (χ1n) is 5.50. The zero-order valence-electron chi connectivity index (χ0n) is 9.44. The van der Waals surface area contributed by atoms with Gasteiger partial charge in [-0.25, -0.2) is 0 Å². The van der Waals surface area contributed by atoms with Crippen molar-refractivity contribution in [1.29, 1.82) is 0 Å². The third-order valence-electron chi connectivity index (χ3n) is 3.08. The van der Waals surface area contributed by atoms with Gasteiger partial charge >= 0.3 is 0 Å². The van der Waals surface area contributed by atoms with E-state index >= 15 is 0 Å². The van der Waals surface area contributed by atoms with Gasteiger partial charge in [0.1, 0.15) is 5.82 Å². The predicted octanol–water partition coefficient (Wildman–Crippen LogP) is 0.885. The van der Waals surface area contributed by atoms with Crippen LogP contribution in [0.4, 0.5) is 0 Å². The van der Waals surface area contributed by atoms with E-state index in [1.54, 1.807) is 0 Å². The largest absolute Gasteiger partial charge is 0.345 e. The maximum atomic E-state index is 11.0. The van der Waals surface area contributed by atoms with Crippen LogP contribution in [0.2, 0.25) is 0 Å². The molecular formula is C11H16N4O. The zero-order valence-corrected chi connectivity index (χ0v) is 9.44. The first-order valence-corrected chi connectivity index (χ1v) is 5.50. The summed E-state index contributed by atoms with van der Waals surface area (Å²) in [5, 5.41) is 11.0. The Kier molecular flexibility index (Phi) is 3.03. The third kappa shape index (κ3) is 1.98. The van der Waals surface area contributed by atoms with Crippen molar-refractivity contribution in [2.75, 3.05) is 0 Å². The van der Waals surface area contributed by atoms with Crippen molar-refractivity contribution in [3.8, 4) is 0 Å². The molecule has 1 aliphatic rings. The van der Waals surface area contributed by atoms with E-state index < -0.39 is 0 Å². The molecule has 1 amide bonds. The highest BCUT2D eigenvalue weighted by Crippen LogP contribution is 2.34. The summed E-state index contributed by atoms with van der Waals surface area (Å²) in [4.78, 5) is 11.0. The Morgan fingerprint density at radius 3 is 2.94 bits per heavy atom. The van der Waals surface area contributed by atoms with Crippen molar-refractivity contribution >= 4 is 5.91 Å². The molecule has 1 fully saturated rings. The lowest BCUT2D eigenvalue weighted by molar-refractivity contribution is -0.116. The number of nitrogens with one attached hydrogen (secondary N) is 1. The highest BCUT2D eigenvalue weighted by molar-refractivity contribution is 5.86. The second-order valence-corrected chi connectivity index (χ2v) is 4.08. The molecule has 86 valence electrons. The van der Waals surface area contributed by atoms with Crippen LogP contribution in [0.1, 0.15) is 36.8 Å². The van der Waals surface area contributed by atoms with Crippen LogP contribution in [0.15, 0.2) is 12.7 Å². The van der Waals surface area contributed by atoms with Gasteiger partial charge in [-0.3, -0.25) is 4.79 Å². The molecule has 0 bridgehead atoms. The molecule has 0 atom stereocenters. The predicted molar refractivity (Wildman–Crippen MR) is 59.6 cm³/mol. The molecule has 0 spiro atoms. The Labute approximate surface area is 94.6 Å². The summed E-state index contributed by atoms with van der Waals surface area (Å²) < 4.78 is 1.98. The highest BCUT2D eigenvalue weighted by atomic mass is 16.1. The lowest BCUT2D eigenvalue weighted by Gasteiger charge is -2.24. The summed E-state index contributed by atoms with van der Waals surface area (Å²) in [5.74, 6) is 2.20. The van der Waals surface area contributed by atoms with Gasteiger partial charge in [-0.15, -0.1) is 10.2 Å². The number of amides is 1. The number of hydrogen-bond acceptors (Lipinski definition) is 3. The van der Waals surface area contributed by atoms with Gasteiger partial charge in [0.05, 0.1) is 6.54 Å². The Morgan fingerprint density at radius 1 is 1.62 bits per heavy atom. The number of aromatic nitrogens is 3. The topological polar surface area (TPSA) is 59.8 Å². The standard InChI is InChI=1S/C11H16N4O/c1-3-10(16)12-7-9-13-14-11(15(9)2)8-5-4-6-8/h3,8H,1,4-7H2,2H3,(H,12,16). The number of hydrogen-bond donors (Lipinski definition) is 1. The fraction of sp³-hybridized carbons (Fsp3) is 0.545. The van der Waals surface area contributed by atoms with Crippen LogP contribution in [-0.2, 0) is 18.4 Å². The zero-order chi connectivity index (χ0) is 11.5. The minimum atomic E-state index is -0.187. The molecule has 5 nitrogen and oxygen atoms in total. The lowest BCUT2D eigenvalue weighted by atomic mass is 9.85. The normalized spacial score (nSPS) is 15.6. The van der Waals surface area contributed by atoms with Crippen molar-refractivity contribution in [1.82, 2.24) is 20.1 Å². The van der Waals surface area contributed by atoms with Crippen molar-refractivity contribution in [3.63, 3.8) is 0 Å². The first-order chi connectivity index (χ1) is 7.72. The molecule has 1 saturated carbocycles. The van der Waals surface area contributed by atoms with Gasteiger partial charge in [-0.2, -0.15) is 0 Å². The van der Waals surface area contributed by atoms with E-state index in [-0.39, 0.29) is 5.91 Å². The Morgan fingerprint density at radius 2 is 2.38 bits per heavy atom. The average molecular weight is 220 g/mol. The van der Waals surface area contributed by atoms with Gasteiger partial charge in [0.25, 0.3) is 0 Å². The van der Waals surface area contributed by atoms with E-state index in [1.807, 2.05) is 11.6 Å². The Hall–Kier alpha value is -1.65. The van der Waals surface area contributed by atoms with Gasteiger partial charge in [-0.1, -0.05) is 13.0 Å².